The number of pyridine rings is 1. The molecule has 0 radical (unpaired) electrons. The Morgan fingerprint density at radius 2 is 1.88 bits per heavy atom. The molecule has 3 aromatic rings. The van der Waals surface area contributed by atoms with Gasteiger partial charge in [0.15, 0.2) is 0 Å². The van der Waals surface area contributed by atoms with Gasteiger partial charge in [0.25, 0.3) is 0 Å². The first kappa shape index (κ1) is 17.3. The Hall–Kier alpha value is -3.52. The molecule has 4 nitrogen and oxygen atoms in total. The Morgan fingerprint density at radius 1 is 1.19 bits per heavy atom. The van der Waals surface area contributed by atoms with Gasteiger partial charge in [-0.25, -0.2) is 4.39 Å². The van der Waals surface area contributed by atoms with Gasteiger partial charge in [0.1, 0.15) is 17.5 Å². The molecule has 0 saturated carbocycles. The lowest BCUT2D eigenvalue weighted by Crippen LogP contribution is -2.06. The van der Waals surface area contributed by atoms with E-state index in [-0.39, 0.29) is 17.2 Å². The number of hydrogen-bond donors (Lipinski definition) is 0. The Bertz CT molecular complexity index is 1040. The highest BCUT2D eigenvalue weighted by Gasteiger charge is 2.21. The predicted octanol–water partition coefficient (Wildman–Crippen LogP) is 4.42. The second-order valence-electron chi connectivity index (χ2n) is 5.85. The maximum Gasteiger partial charge on any atom is 0.205 e. The lowest BCUT2D eigenvalue weighted by Gasteiger charge is -2.10. The Labute approximate surface area is 150 Å². The van der Waals surface area contributed by atoms with Gasteiger partial charge in [0.05, 0.1) is 5.69 Å². The third-order valence-electron chi connectivity index (χ3n) is 4.15. The van der Waals surface area contributed by atoms with Crippen LogP contribution in [0.4, 0.5) is 4.39 Å². The SMILES string of the molecule is Cc1cc(C(=O)/C(C#N)=C/c2ccncc2)c(C)n1-c1ccccc1F. The third kappa shape index (κ3) is 3.17. The van der Waals surface area contributed by atoms with Crippen molar-refractivity contribution in [2.75, 3.05) is 0 Å². The van der Waals surface area contributed by atoms with Crippen molar-refractivity contribution in [2.24, 2.45) is 0 Å². The molecular weight excluding hydrogens is 329 g/mol. The highest BCUT2D eigenvalue weighted by Crippen LogP contribution is 2.25. The Kier molecular flexibility index (Phi) is 4.76. The fourth-order valence-corrected chi connectivity index (χ4v) is 2.92. The molecule has 26 heavy (non-hydrogen) atoms. The number of para-hydroxylation sites is 1. The van der Waals surface area contributed by atoms with Crippen LogP contribution in [0.5, 0.6) is 0 Å². The van der Waals surface area contributed by atoms with Crippen molar-refractivity contribution in [3.63, 3.8) is 0 Å². The monoisotopic (exact) mass is 345 g/mol. The Balaban J connectivity index is 2.07. The first-order chi connectivity index (χ1) is 12.5. The molecule has 0 saturated heterocycles. The van der Waals surface area contributed by atoms with Crippen LogP contribution >= 0.6 is 0 Å². The van der Waals surface area contributed by atoms with E-state index in [4.69, 9.17) is 0 Å². The normalized spacial score (nSPS) is 11.2. The summed E-state index contributed by atoms with van der Waals surface area (Å²) in [5.41, 5.74) is 2.80. The first-order valence-corrected chi connectivity index (χ1v) is 8.03. The van der Waals surface area contributed by atoms with Gasteiger partial charge in [-0.2, -0.15) is 5.26 Å². The molecular formula is C21H16FN3O. The maximum atomic E-state index is 14.2. The van der Waals surface area contributed by atoms with Crippen LogP contribution in [-0.4, -0.2) is 15.3 Å². The lowest BCUT2D eigenvalue weighted by atomic mass is 10.0. The number of carbonyl (C=O) groups excluding carboxylic acids is 1. The smallest absolute Gasteiger partial charge is 0.205 e. The van der Waals surface area contributed by atoms with Crippen molar-refractivity contribution < 1.29 is 9.18 Å². The number of aromatic nitrogens is 2. The van der Waals surface area contributed by atoms with Crippen LogP contribution in [0.2, 0.25) is 0 Å². The minimum Gasteiger partial charge on any atom is -0.315 e. The molecule has 0 spiro atoms. The van der Waals surface area contributed by atoms with E-state index in [0.29, 0.717) is 22.5 Å². The predicted molar refractivity (Wildman–Crippen MR) is 97.4 cm³/mol. The third-order valence-corrected chi connectivity index (χ3v) is 4.15. The van der Waals surface area contributed by atoms with Crippen molar-refractivity contribution in [1.29, 1.82) is 5.26 Å². The summed E-state index contributed by atoms with van der Waals surface area (Å²) in [6, 6.07) is 13.5. The number of ketones is 1. The van der Waals surface area contributed by atoms with Crippen molar-refractivity contribution in [1.82, 2.24) is 9.55 Å². The average Bonchev–Trinajstić information content (AvgIpc) is 2.95. The van der Waals surface area contributed by atoms with Crippen LogP contribution < -0.4 is 0 Å². The number of aryl methyl sites for hydroxylation is 1. The molecule has 0 N–H and O–H groups in total. The van der Waals surface area contributed by atoms with Gasteiger partial charge in [-0.3, -0.25) is 9.78 Å². The molecule has 0 aliphatic carbocycles. The van der Waals surface area contributed by atoms with E-state index >= 15 is 0 Å². The van der Waals surface area contributed by atoms with Crippen LogP contribution in [0.1, 0.15) is 27.3 Å². The van der Waals surface area contributed by atoms with Gasteiger partial charge in [0.2, 0.25) is 5.78 Å². The molecule has 5 heteroatoms. The van der Waals surface area contributed by atoms with Gasteiger partial charge in [-0.15, -0.1) is 0 Å². The molecule has 2 aromatic heterocycles. The highest BCUT2D eigenvalue weighted by atomic mass is 19.1. The summed E-state index contributed by atoms with van der Waals surface area (Å²) in [6.07, 6.45) is 4.71. The Morgan fingerprint density at radius 3 is 2.54 bits per heavy atom. The fraction of sp³-hybridized carbons (Fsp3) is 0.0952. The molecule has 0 bridgehead atoms. The topological polar surface area (TPSA) is 58.7 Å². The summed E-state index contributed by atoms with van der Waals surface area (Å²) < 4.78 is 15.9. The summed E-state index contributed by atoms with van der Waals surface area (Å²) >= 11 is 0. The van der Waals surface area contributed by atoms with Crippen molar-refractivity contribution in [2.45, 2.75) is 13.8 Å². The van der Waals surface area contributed by atoms with E-state index < -0.39 is 0 Å². The number of nitriles is 1. The van der Waals surface area contributed by atoms with E-state index in [0.717, 1.165) is 5.69 Å². The number of Topliss-reactive ketones (excluding diaryl/α,β-unsaturated/α-hetero) is 1. The number of hydrogen-bond acceptors (Lipinski definition) is 3. The van der Waals surface area contributed by atoms with Gasteiger partial charge >= 0.3 is 0 Å². The van der Waals surface area contributed by atoms with Gasteiger partial charge < -0.3 is 4.57 Å². The number of allylic oxidation sites excluding steroid dienone is 1. The summed E-state index contributed by atoms with van der Waals surface area (Å²) in [5.74, 6) is -0.763. The zero-order valence-electron chi connectivity index (χ0n) is 14.4. The number of nitrogens with zero attached hydrogens (tertiary/aromatic N) is 3. The summed E-state index contributed by atoms with van der Waals surface area (Å²) in [5, 5.41) is 9.43. The molecule has 2 heterocycles. The fourth-order valence-electron chi connectivity index (χ4n) is 2.92. The molecule has 0 aliphatic heterocycles. The number of halogens is 1. The summed E-state index contributed by atoms with van der Waals surface area (Å²) in [4.78, 5) is 16.8. The van der Waals surface area contributed by atoms with E-state index in [1.807, 2.05) is 6.07 Å². The molecule has 0 unspecified atom stereocenters. The molecule has 0 amide bonds. The molecule has 0 atom stereocenters. The summed E-state index contributed by atoms with van der Waals surface area (Å²) in [7, 11) is 0. The zero-order valence-corrected chi connectivity index (χ0v) is 14.4. The van der Waals surface area contributed by atoms with Gasteiger partial charge in [0, 0.05) is 29.3 Å². The maximum absolute atomic E-state index is 14.2. The molecule has 0 aliphatic rings. The second-order valence-corrected chi connectivity index (χ2v) is 5.85. The number of rotatable bonds is 4. The van der Waals surface area contributed by atoms with Crippen molar-refractivity contribution >= 4 is 11.9 Å². The number of carbonyl (C=O) groups is 1. The van der Waals surface area contributed by atoms with Crippen LogP contribution in [0.3, 0.4) is 0 Å². The van der Waals surface area contributed by atoms with E-state index in [1.165, 1.54) is 12.1 Å². The first-order valence-electron chi connectivity index (χ1n) is 8.03. The van der Waals surface area contributed by atoms with Crippen LogP contribution in [0.15, 0.2) is 60.4 Å². The van der Waals surface area contributed by atoms with E-state index in [2.05, 4.69) is 4.98 Å². The molecule has 1 aromatic carbocycles. The van der Waals surface area contributed by atoms with Crippen LogP contribution in [0, 0.1) is 31.0 Å². The second kappa shape index (κ2) is 7.16. The standard InChI is InChI=1S/C21H16FN3O/c1-14-11-18(15(2)25(14)20-6-4-3-5-19(20)22)21(26)17(13-23)12-16-7-9-24-10-8-16/h3-12H,1-2H3/b17-12+. The lowest BCUT2D eigenvalue weighted by molar-refractivity contribution is 0.103. The minimum atomic E-state index is -0.389. The highest BCUT2D eigenvalue weighted by molar-refractivity contribution is 6.14. The van der Waals surface area contributed by atoms with E-state index in [9.17, 15) is 14.4 Å². The van der Waals surface area contributed by atoms with Crippen LogP contribution in [0.25, 0.3) is 11.8 Å². The van der Waals surface area contributed by atoms with Crippen molar-refractivity contribution in [3.8, 4) is 11.8 Å². The molecule has 0 fully saturated rings. The van der Waals surface area contributed by atoms with E-state index in [1.54, 1.807) is 67.2 Å². The minimum absolute atomic E-state index is 0.0185. The van der Waals surface area contributed by atoms with Crippen LogP contribution in [-0.2, 0) is 0 Å². The summed E-state index contributed by atoms with van der Waals surface area (Å²) in [6.45, 7) is 3.54. The van der Waals surface area contributed by atoms with Gasteiger partial charge in [-0.05, 0) is 55.8 Å². The molecule has 3 rings (SSSR count). The largest absolute Gasteiger partial charge is 0.315 e. The molecule has 128 valence electrons. The quantitative estimate of drug-likeness (QED) is 0.399. The average molecular weight is 345 g/mol. The van der Waals surface area contributed by atoms with Gasteiger partial charge in [-0.1, -0.05) is 12.1 Å². The number of benzene rings is 1. The zero-order chi connectivity index (χ0) is 18.7. The van der Waals surface area contributed by atoms with Crippen molar-refractivity contribution in [3.05, 3.63) is 88.8 Å².